The van der Waals surface area contributed by atoms with Gasteiger partial charge in [-0.05, 0) is 31.3 Å². The minimum Gasteiger partial charge on any atom is -0.462 e. The molecule has 0 radical (unpaired) electrons. The van der Waals surface area contributed by atoms with Crippen LogP contribution in [0.1, 0.15) is 27.2 Å². The van der Waals surface area contributed by atoms with Crippen LogP contribution >= 0.6 is 0 Å². The average molecular weight is 426 g/mol. The zero-order valence-corrected chi connectivity index (χ0v) is 17.2. The number of aliphatic hydroxyl groups is 4. The van der Waals surface area contributed by atoms with Gasteiger partial charge in [-0.1, -0.05) is 19.9 Å². The lowest BCUT2D eigenvalue weighted by Crippen LogP contribution is -2.61. The molecule has 9 nitrogen and oxygen atoms in total. The summed E-state index contributed by atoms with van der Waals surface area (Å²) in [5, 5.41) is 40.2. The Balaban J connectivity index is 1.72. The van der Waals surface area contributed by atoms with Gasteiger partial charge in [-0.2, -0.15) is 0 Å². The SMILES string of the molecule is CC1CC2OC(=O)C(C)C2C(OC2OC(CO)C(O)C(O)C2O)C2(C)C(=O)C=CC12. The highest BCUT2D eigenvalue weighted by molar-refractivity contribution is 5.98. The maximum atomic E-state index is 13.1. The number of ketones is 1. The summed E-state index contributed by atoms with van der Waals surface area (Å²) in [4.78, 5) is 25.4. The lowest BCUT2D eigenvalue weighted by molar-refractivity contribution is -0.324. The van der Waals surface area contributed by atoms with Crippen molar-refractivity contribution < 1.29 is 44.2 Å². The van der Waals surface area contributed by atoms with Gasteiger partial charge in [-0.25, -0.2) is 0 Å². The maximum absolute atomic E-state index is 13.1. The van der Waals surface area contributed by atoms with Crippen LogP contribution in [0.15, 0.2) is 12.2 Å². The maximum Gasteiger partial charge on any atom is 0.309 e. The van der Waals surface area contributed by atoms with Crippen LogP contribution in [0, 0.1) is 29.1 Å². The second kappa shape index (κ2) is 7.65. The molecule has 2 saturated heterocycles. The van der Waals surface area contributed by atoms with Crippen LogP contribution in [0.3, 0.4) is 0 Å². The Hall–Kier alpha value is -1.36. The number of fused-ring (bicyclic) bond motifs is 2. The van der Waals surface area contributed by atoms with E-state index in [1.165, 1.54) is 6.08 Å². The van der Waals surface area contributed by atoms with Crippen LogP contribution in [-0.4, -0.2) is 81.7 Å². The number of hydrogen-bond acceptors (Lipinski definition) is 9. The van der Waals surface area contributed by atoms with Crippen LogP contribution in [0.25, 0.3) is 0 Å². The molecule has 1 saturated carbocycles. The predicted octanol–water partition coefficient (Wildman–Crippen LogP) is -0.850. The fraction of sp³-hybridized carbons (Fsp3) is 0.810. The number of allylic oxidation sites excluding steroid dienone is 2. The lowest BCUT2D eigenvalue weighted by Gasteiger charge is -2.46. The second-order valence-corrected chi connectivity index (χ2v) is 9.34. The molecule has 0 bridgehead atoms. The molecular weight excluding hydrogens is 396 g/mol. The van der Waals surface area contributed by atoms with E-state index < -0.39 is 66.8 Å². The highest BCUT2D eigenvalue weighted by atomic mass is 16.7. The summed E-state index contributed by atoms with van der Waals surface area (Å²) in [7, 11) is 0. The van der Waals surface area contributed by atoms with Gasteiger partial charge in [0, 0.05) is 5.92 Å². The fourth-order valence-electron chi connectivity index (χ4n) is 5.79. The first-order valence-electron chi connectivity index (χ1n) is 10.5. The van der Waals surface area contributed by atoms with Crippen molar-refractivity contribution in [3.63, 3.8) is 0 Å². The minimum absolute atomic E-state index is 0.0479. The van der Waals surface area contributed by atoms with Gasteiger partial charge < -0.3 is 34.6 Å². The third-order valence-electron chi connectivity index (χ3n) is 7.61. The van der Waals surface area contributed by atoms with E-state index >= 15 is 0 Å². The molecule has 3 fully saturated rings. The van der Waals surface area contributed by atoms with Gasteiger partial charge in [-0.3, -0.25) is 9.59 Å². The van der Waals surface area contributed by atoms with E-state index in [0.717, 1.165) is 0 Å². The largest absolute Gasteiger partial charge is 0.462 e. The number of rotatable bonds is 3. The van der Waals surface area contributed by atoms with E-state index in [-0.39, 0.29) is 23.6 Å². The van der Waals surface area contributed by atoms with Crippen LogP contribution in [-0.2, 0) is 23.8 Å². The smallest absolute Gasteiger partial charge is 0.309 e. The molecule has 2 aliphatic carbocycles. The molecule has 12 atom stereocenters. The summed E-state index contributed by atoms with van der Waals surface area (Å²) in [5.74, 6) is -1.59. The van der Waals surface area contributed by atoms with E-state index in [2.05, 4.69) is 0 Å². The summed E-state index contributed by atoms with van der Waals surface area (Å²) in [6.45, 7) is 4.95. The number of carbonyl (C=O) groups is 2. The fourth-order valence-corrected chi connectivity index (χ4v) is 5.79. The number of carbonyl (C=O) groups excluding carboxylic acids is 2. The molecular formula is C21H30O9. The summed E-state index contributed by atoms with van der Waals surface area (Å²) in [6, 6.07) is 0. The molecule has 9 heteroatoms. The van der Waals surface area contributed by atoms with Gasteiger partial charge in [0.15, 0.2) is 12.1 Å². The molecule has 4 rings (SSSR count). The first-order valence-corrected chi connectivity index (χ1v) is 10.5. The van der Waals surface area contributed by atoms with Crippen molar-refractivity contribution in [1.29, 1.82) is 0 Å². The van der Waals surface area contributed by atoms with Gasteiger partial charge >= 0.3 is 5.97 Å². The molecule has 0 aromatic heterocycles. The lowest BCUT2D eigenvalue weighted by atomic mass is 9.66. The standard InChI is InChI=1S/C21H30O9/c1-8-6-11-14(9(2)19(27)28-11)18(21(3)10(8)4-5-13(21)23)30-20-17(26)16(25)15(24)12(7-22)29-20/h4-5,8-12,14-18,20,22,24-26H,6-7H2,1-3H3. The number of esters is 1. The minimum atomic E-state index is -1.60. The van der Waals surface area contributed by atoms with E-state index in [4.69, 9.17) is 14.2 Å². The Bertz CT molecular complexity index is 736. The molecule has 30 heavy (non-hydrogen) atoms. The van der Waals surface area contributed by atoms with E-state index in [9.17, 15) is 30.0 Å². The van der Waals surface area contributed by atoms with Gasteiger partial charge in [-0.15, -0.1) is 0 Å². The van der Waals surface area contributed by atoms with Crippen molar-refractivity contribution in [3.8, 4) is 0 Å². The predicted molar refractivity (Wildman–Crippen MR) is 101 cm³/mol. The first kappa shape index (κ1) is 21.9. The summed E-state index contributed by atoms with van der Waals surface area (Å²) < 4.78 is 17.4. The molecule has 168 valence electrons. The van der Waals surface area contributed by atoms with Crippen molar-refractivity contribution in [2.45, 2.75) is 70.1 Å². The Morgan fingerprint density at radius 2 is 1.87 bits per heavy atom. The number of hydrogen-bond donors (Lipinski definition) is 4. The van der Waals surface area contributed by atoms with Crippen molar-refractivity contribution in [3.05, 3.63) is 12.2 Å². The average Bonchev–Trinajstić information content (AvgIpc) is 3.13. The quantitative estimate of drug-likeness (QED) is 0.424. The third-order valence-corrected chi connectivity index (χ3v) is 7.61. The Labute approximate surface area is 174 Å². The molecule has 0 amide bonds. The van der Waals surface area contributed by atoms with Crippen molar-refractivity contribution in [1.82, 2.24) is 0 Å². The van der Waals surface area contributed by atoms with Gasteiger partial charge in [0.2, 0.25) is 0 Å². The molecule has 0 spiro atoms. The summed E-state index contributed by atoms with van der Waals surface area (Å²) >= 11 is 0. The number of ether oxygens (including phenoxy) is 3. The van der Waals surface area contributed by atoms with Gasteiger partial charge in [0.05, 0.1) is 24.0 Å². The third kappa shape index (κ3) is 3.06. The van der Waals surface area contributed by atoms with Crippen molar-refractivity contribution >= 4 is 11.8 Å². The summed E-state index contributed by atoms with van der Waals surface area (Å²) in [5.41, 5.74) is -1.01. The van der Waals surface area contributed by atoms with Crippen molar-refractivity contribution in [2.75, 3.05) is 6.61 Å². The molecule has 4 N–H and O–H groups in total. The molecule has 2 heterocycles. The van der Waals surface area contributed by atoms with Crippen molar-refractivity contribution in [2.24, 2.45) is 29.1 Å². The van der Waals surface area contributed by atoms with E-state index in [0.29, 0.717) is 6.42 Å². The molecule has 4 aliphatic rings. The first-order chi connectivity index (χ1) is 14.1. The van der Waals surface area contributed by atoms with Gasteiger partial charge in [0.1, 0.15) is 30.5 Å². The Morgan fingerprint density at radius 3 is 2.53 bits per heavy atom. The van der Waals surface area contributed by atoms with Crippen LogP contribution in [0.2, 0.25) is 0 Å². The molecule has 12 unspecified atom stereocenters. The highest BCUT2D eigenvalue weighted by Gasteiger charge is 2.63. The van der Waals surface area contributed by atoms with E-state index in [1.807, 2.05) is 13.0 Å². The van der Waals surface area contributed by atoms with Crippen LogP contribution < -0.4 is 0 Å². The van der Waals surface area contributed by atoms with E-state index in [1.54, 1.807) is 13.8 Å². The van der Waals surface area contributed by atoms with Crippen LogP contribution in [0.5, 0.6) is 0 Å². The highest BCUT2D eigenvalue weighted by Crippen LogP contribution is 2.55. The second-order valence-electron chi connectivity index (χ2n) is 9.34. The van der Waals surface area contributed by atoms with Gasteiger partial charge in [0.25, 0.3) is 0 Å². The zero-order chi connectivity index (χ0) is 22.0. The molecule has 2 aliphatic heterocycles. The normalized spacial score (nSPS) is 53.2. The Kier molecular flexibility index (Phi) is 5.57. The molecule has 0 aromatic rings. The Morgan fingerprint density at radius 1 is 1.17 bits per heavy atom. The number of aliphatic hydroxyl groups excluding tert-OH is 4. The van der Waals surface area contributed by atoms with Crippen LogP contribution in [0.4, 0.5) is 0 Å². The molecule has 0 aromatic carbocycles. The zero-order valence-electron chi connectivity index (χ0n) is 17.2. The topological polar surface area (TPSA) is 143 Å². The summed E-state index contributed by atoms with van der Waals surface area (Å²) in [6.07, 6.45) is -4.54. The monoisotopic (exact) mass is 426 g/mol.